The fourth-order valence-corrected chi connectivity index (χ4v) is 18.0. The van der Waals surface area contributed by atoms with Gasteiger partial charge in [0.05, 0.1) is 5.69 Å². The van der Waals surface area contributed by atoms with Gasteiger partial charge >= 0.3 is 0 Å². The van der Waals surface area contributed by atoms with Crippen molar-refractivity contribution in [3.05, 3.63) is 123 Å². The summed E-state index contributed by atoms with van der Waals surface area (Å²) >= 11 is 2.08. The zero-order valence-corrected chi connectivity index (χ0v) is 49.8. The molecule has 1 aromatic heterocycles. The molecule has 2 unspecified atom stereocenters. The molecule has 392 valence electrons. The number of thiophene rings is 1. The molecular formula is C71H89BN2S. The number of fused-ring (bicyclic) bond motifs is 11. The molecule has 0 N–H and O–H groups in total. The van der Waals surface area contributed by atoms with Gasteiger partial charge < -0.3 is 9.80 Å². The van der Waals surface area contributed by atoms with E-state index in [0.29, 0.717) is 0 Å². The summed E-state index contributed by atoms with van der Waals surface area (Å²) < 4.78 is 2.91. The number of benzene rings is 5. The first kappa shape index (κ1) is 50.2. The summed E-state index contributed by atoms with van der Waals surface area (Å²) in [4.78, 5) is 5.65. The lowest BCUT2D eigenvalue weighted by Gasteiger charge is -2.48. The fraction of sp³-hybridized carbons (Fsp3) is 0.549. The quantitative estimate of drug-likeness (QED) is 0.159. The van der Waals surface area contributed by atoms with Crippen LogP contribution in [0.5, 0.6) is 0 Å². The summed E-state index contributed by atoms with van der Waals surface area (Å²) in [6.45, 7) is 37.4. The Morgan fingerprint density at radius 2 is 1.01 bits per heavy atom. The highest BCUT2D eigenvalue weighted by atomic mass is 32.1. The van der Waals surface area contributed by atoms with E-state index in [2.05, 4.69) is 204 Å². The Morgan fingerprint density at radius 1 is 0.520 bits per heavy atom. The van der Waals surface area contributed by atoms with Gasteiger partial charge in [-0.1, -0.05) is 147 Å². The van der Waals surface area contributed by atoms with Crippen molar-refractivity contribution in [1.29, 1.82) is 0 Å². The van der Waals surface area contributed by atoms with Crippen LogP contribution in [-0.2, 0) is 44.3 Å². The average Bonchev–Trinajstić information content (AvgIpc) is 3.78. The predicted octanol–water partition coefficient (Wildman–Crippen LogP) is 18.5. The predicted molar refractivity (Wildman–Crippen MR) is 327 cm³/mol. The normalized spacial score (nSPS) is 24.9. The molecule has 0 spiro atoms. The molecule has 2 aliphatic heterocycles. The van der Waals surface area contributed by atoms with Crippen LogP contribution in [0.15, 0.2) is 78.9 Å². The highest BCUT2D eigenvalue weighted by Crippen LogP contribution is 2.56. The van der Waals surface area contributed by atoms with Gasteiger partial charge in [0.15, 0.2) is 0 Å². The average molecular weight is 1010 g/mol. The van der Waals surface area contributed by atoms with Gasteiger partial charge in [-0.2, -0.15) is 0 Å². The molecule has 0 radical (unpaired) electrons. The second-order valence-corrected chi connectivity index (χ2v) is 32.0. The summed E-state index contributed by atoms with van der Waals surface area (Å²) in [5.41, 5.74) is 24.1. The number of hydrogen-bond donors (Lipinski definition) is 0. The number of rotatable bonds is 5. The zero-order valence-electron chi connectivity index (χ0n) is 49.0. The van der Waals surface area contributed by atoms with Gasteiger partial charge in [-0.15, -0.1) is 11.3 Å². The molecule has 0 amide bonds. The number of nitrogens with zero attached hydrogens (tertiary/aromatic N) is 2. The lowest BCUT2D eigenvalue weighted by Crippen LogP contribution is -2.61. The van der Waals surface area contributed by atoms with Crippen molar-refractivity contribution in [2.24, 2.45) is 17.8 Å². The first-order chi connectivity index (χ1) is 35.2. The van der Waals surface area contributed by atoms with E-state index in [1.165, 1.54) is 177 Å². The SMILES string of the molecule is CC(C)(C)c1ccc2sc3c(c2c1)N(c1ccc2c(c1)C(C)(C)CCC2(C)C)c1cc(CCC2CC4CCCC(C4)C2)cc2c1B3c1cc3c(cc1N2c1ccc2c(c1)C(C)(C)CCC2(C)C)C(C)(C)CCC3(C)C. The maximum atomic E-state index is 2.83. The third kappa shape index (κ3) is 7.94. The standard InChI is InChI=1S/C71H89BN2S/c1-65(2,3)47-21-26-61-50(38-47)63-64(75-61)72-57-41-55-56(71(14,15)32-31-70(55,12)13)42-58(57)73(48-22-24-51-53(39-48)68(8,9)29-27-66(51,4)5)59-36-46(20-19-45-34-43-17-16-18-44(33-43)35-45)37-60(62(59)72)74(63)49-23-25-52-54(40-49)69(10,11)30-28-67(52,6)7/h21-26,36-45H,16-20,27-35H2,1-15H3. The van der Waals surface area contributed by atoms with Gasteiger partial charge in [0, 0.05) is 43.3 Å². The van der Waals surface area contributed by atoms with Gasteiger partial charge in [0.25, 0.3) is 6.71 Å². The Labute approximate surface area is 458 Å². The summed E-state index contributed by atoms with van der Waals surface area (Å²) in [6.07, 6.45) is 18.4. The molecule has 2 bridgehead atoms. The van der Waals surface area contributed by atoms with Crippen LogP contribution < -0.4 is 25.5 Å². The van der Waals surface area contributed by atoms with Gasteiger partial charge in [-0.25, -0.2) is 0 Å². The molecule has 75 heavy (non-hydrogen) atoms. The lowest BCUT2D eigenvalue weighted by molar-refractivity contribution is 0.132. The van der Waals surface area contributed by atoms with Crippen LogP contribution in [0.25, 0.3) is 10.1 Å². The van der Waals surface area contributed by atoms with Crippen LogP contribution in [0.2, 0.25) is 0 Å². The maximum Gasteiger partial charge on any atom is 0.264 e. The largest absolute Gasteiger partial charge is 0.311 e. The second kappa shape index (κ2) is 16.6. The maximum absolute atomic E-state index is 2.83. The van der Waals surface area contributed by atoms with Gasteiger partial charge in [0.2, 0.25) is 0 Å². The van der Waals surface area contributed by atoms with E-state index in [9.17, 15) is 0 Å². The van der Waals surface area contributed by atoms with E-state index in [1.807, 2.05) is 0 Å². The Bertz CT molecular complexity index is 3320. The first-order valence-electron chi connectivity index (χ1n) is 30.0. The molecule has 2 atom stereocenters. The Kier molecular flexibility index (Phi) is 11.1. The molecule has 2 saturated carbocycles. The van der Waals surface area contributed by atoms with Gasteiger partial charge in [-0.05, 0) is 236 Å². The van der Waals surface area contributed by atoms with E-state index < -0.39 is 0 Å². The second-order valence-electron chi connectivity index (χ2n) is 30.9. The monoisotopic (exact) mass is 1010 g/mol. The summed E-state index contributed by atoms with van der Waals surface area (Å²) in [6, 6.07) is 34.0. The van der Waals surface area contributed by atoms with Gasteiger partial charge in [0.1, 0.15) is 0 Å². The fourth-order valence-electron chi connectivity index (χ4n) is 16.7. The molecule has 5 aromatic carbocycles. The molecule has 2 nitrogen and oxygen atoms in total. The third-order valence-corrected chi connectivity index (χ3v) is 23.0. The Balaban J connectivity index is 1.13. The summed E-state index contributed by atoms with van der Waals surface area (Å²) in [5, 5.41) is 1.41. The van der Waals surface area contributed by atoms with Crippen molar-refractivity contribution in [2.75, 3.05) is 9.80 Å². The Morgan fingerprint density at radius 3 is 1.56 bits per heavy atom. The Hall–Kier alpha value is -4.28. The molecule has 6 aromatic rings. The van der Waals surface area contributed by atoms with Crippen LogP contribution in [0.1, 0.15) is 232 Å². The highest BCUT2D eigenvalue weighted by Gasteiger charge is 2.49. The van der Waals surface area contributed by atoms with Crippen molar-refractivity contribution in [3.8, 4) is 0 Å². The highest BCUT2D eigenvalue weighted by molar-refractivity contribution is 7.33. The number of aryl methyl sites for hydroxylation is 1. The minimum atomic E-state index is 0.0217. The lowest BCUT2D eigenvalue weighted by atomic mass is 9.35. The van der Waals surface area contributed by atoms with Crippen LogP contribution in [0.3, 0.4) is 0 Å². The zero-order chi connectivity index (χ0) is 52.7. The number of anilines is 6. The van der Waals surface area contributed by atoms with Crippen LogP contribution >= 0.6 is 11.3 Å². The van der Waals surface area contributed by atoms with Crippen LogP contribution in [-0.4, -0.2) is 6.71 Å². The molecule has 7 aliphatic rings. The minimum absolute atomic E-state index is 0.0217. The van der Waals surface area contributed by atoms with Crippen molar-refractivity contribution in [3.63, 3.8) is 0 Å². The van der Waals surface area contributed by atoms with E-state index in [4.69, 9.17) is 0 Å². The molecule has 0 saturated heterocycles. The molecule has 13 rings (SSSR count). The van der Waals surface area contributed by atoms with Crippen LogP contribution in [0.4, 0.5) is 34.1 Å². The molecule has 4 heteroatoms. The van der Waals surface area contributed by atoms with Gasteiger partial charge in [-0.3, -0.25) is 0 Å². The minimum Gasteiger partial charge on any atom is -0.311 e. The first-order valence-corrected chi connectivity index (χ1v) is 30.9. The van der Waals surface area contributed by atoms with Crippen molar-refractivity contribution in [1.82, 2.24) is 0 Å². The van der Waals surface area contributed by atoms with Crippen molar-refractivity contribution in [2.45, 2.75) is 232 Å². The van der Waals surface area contributed by atoms with Crippen molar-refractivity contribution >= 4 is 78.0 Å². The van der Waals surface area contributed by atoms with E-state index in [0.717, 1.165) is 24.2 Å². The van der Waals surface area contributed by atoms with E-state index in [1.54, 1.807) is 11.1 Å². The van der Waals surface area contributed by atoms with Crippen molar-refractivity contribution < 1.29 is 0 Å². The topological polar surface area (TPSA) is 6.48 Å². The smallest absolute Gasteiger partial charge is 0.264 e. The molecule has 3 heterocycles. The summed E-state index contributed by atoms with van der Waals surface area (Å²) in [7, 11) is 0. The molecular weight excluding hydrogens is 924 g/mol. The number of hydrogen-bond acceptors (Lipinski definition) is 3. The molecule has 5 aliphatic carbocycles. The van der Waals surface area contributed by atoms with Crippen LogP contribution in [0, 0.1) is 17.8 Å². The van der Waals surface area contributed by atoms with E-state index >= 15 is 0 Å². The third-order valence-electron chi connectivity index (χ3n) is 21.8. The van der Waals surface area contributed by atoms with E-state index in [-0.39, 0.29) is 44.6 Å². The molecule has 2 fully saturated rings. The summed E-state index contributed by atoms with van der Waals surface area (Å²) in [5.74, 6) is 2.70.